The maximum absolute atomic E-state index is 14.0. The highest BCUT2D eigenvalue weighted by Crippen LogP contribution is 2.31. The first-order valence-electron chi connectivity index (χ1n) is 6.40. The van der Waals surface area contributed by atoms with E-state index in [2.05, 4.69) is 5.32 Å². The van der Waals surface area contributed by atoms with Gasteiger partial charge in [0.15, 0.2) is 0 Å². The van der Waals surface area contributed by atoms with Gasteiger partial charge in [-0.15, -0.1) is 11.6 Å². The smallest absolute Gasteiger partial charge is 0.308 e. The van der Waals surface area contributed by atoms with E-state index in [-0.39, 0.29) is 5.88 Å². The van der Waals surface area contributed by atoms with Crippen molar-refractivity contribution in [1.82, 2.24) is 5.32 Å². The second-order valence-electron chi connectivity index (χ2n) is 5.12. The van der Waals surface area contributed by atoms with Gasteiger partial charge in [-0.25, -0.2) is 4.39 Å². The average Bonchev–Trinajstić information content (AvgIpc) is 2.89. The van der Waals surface area contributed by atoms with Gasteiger partial charge in [-0.3, -0.25) is 14.9 Å². The van der Waals surface area contributed by atoms with Crippen molar-refractivity contribution in [2.75, 3.05) is 5.88 Å². The topological polar surface area (TPSA) is 72.2 Å². The summed E-state index contributed by atoms with van der Waals surface area (Å²) in [5.41, 5.74) is -2.41. The summed E-state index contributed by atoms with van der Waals surface area (Å²) in [4.78, 5) is 21.7. The fourth-order valence-corrected chi connectivity index (χ4v) is 2.86. The van der Waals surface area contributed by atoms with Crippen LogP contribution in [0.2, 0.25) is 0 Å². The molecule has 114 valence electrons. The number of carbonyl (C=O) groups is 1. The summed E-state index contributed by atoms with van der Waals surface area (Å²) in [7, 11) is 0. The van der Waals surface area contributed by atoms with E-state index >= 15 is 0 Å². The molecule has 1 fully saturated rings. The van der Waals surface area contributed by atoms with Gasteiger partial charge in [0.25, 0.3) is 5.91 Å². The quantitative estimate of drug-likeness (QED) is 0.526. The number of alkyl halides is 1. The van der Waals surface area contributed by atoms with Crippen LogP contribution in [0.5, 0.6) is 0 Å². The van der Waals surface area contributed by atoms with E-state index in [9.17, 15) is 23.7 Å². The molecule has 1 amide bonds. The molecule has 1 N–H and O–H groups in total. The number of halogens is 3. The van der Waals surface area contributed by atoms with Crippen LogP contribution >= 0.6 is 11.6 Å². The fraction of sp³-hybridized carbons (Fsp3) is 0.462. The van der Waals surface area contributed by atoms with Gasteiger partial charge in [0.1, 0.15) is 5.82 Å². The summed E-state index contributed by atoms with van der Waals surface area (Å²) in [5, 5.41) is 13.3. The van der Waals surface area contributed by atoms with Crippen LogP contribution in [0, 0.1) is 21.7 Å². The Kier molecular flexibility index (Phi) is 4.41. The fourth-order valence-electron chi connectivity index (χ4n) is 2.52. The highest BCUT2D eigenvalue weighted by Gasteiger charge is 2.36. The predicted octanol–water partition coefficient (Wildman–Crippen LogP) is 3.15. The molecule has 0 spiro atoms. The van der Waals surface area contributed by atoms with Crippen molar-refractivity contribution in [3.8, 4) is 0 Å². The molecule has 1 saturated carbocycles. The molecule has 0 saturated heterocycles. The van der Waals surface area contributed by atoms with Crippen molar-refractivity contribution in [1.29, 1.82) is 0 Å². The zero-order valence-electron chi connectivity index (χ0n) is 11.0. The first kappa shape index (κ1) is 15.6. The molecule has 0 bridgehead atoms. The van der Waals surface area contributed by atoms with E-state index in [1.165, 1.54) is 0 Å². The molecule has 8 heteroatoms. The Morgan fingerprint density at radius 1 is 1.38 bits per heavy atom. The molecule has 2 rings (SSSR count). The normalized spacial score (nSPS) is 16.7. The van der Waals surface area contributed by atoms with Crippen molar-refractivity contribution in [3.05, 3.63) is 39.4 Å². The van der Waals surface area contributed by atoms with E-state index in [1.807, 2.05) is 0 Å². The number of nitrogens with one attached hydrogen (secondary N) is 1. The Morgan fingerprint density at radius 2 is 2.00 bits per heavy atom. The van der Waals surface area contributed by atoms with Gasteiger partial charge < -0.3 is 5.32 Å². The van der Waals surface area contributed by atoms with E-state index < -0.39 is 39.3 Å². The van der Waals surface area contributed by atoms with E-state index in [0.717, 1.165) is 12.8 Å². The SMILES string of the molecule is O=C(NC1(CCl)CCCC1)c1cc(F)cc([N+](=O)[O-])c1F. The molecule has 5 nitrogen and oxygen atoms in total. The molecule has 1 aliphatic rings. The molecule has 1 aromatic rings. The van der Waals surface area contributed by atoms with Crippen molar-refractivity contribution >= 4 is 23.2 Å². The Labute approximate surface area is 124 Å². The number of benzene rings is 1. The lowest BCUT2D eigenvalue weighted by Crippen LogP contribution is -2.48. The van der Waals surface area contributed by atoms with Crippen LogP contribution in [0.4, 0.5) is 14.5 Å². The van der Waals surface area contributed by atoms with Crippen LogP contribution in [-0.2, 0) is 0 Å². The number of rotatable bonds is 4. The number of hydrogen-bond acceptors (Lipinski definition) is 3. The van der Waals surface area contributed by atoms with Crippen molar-refractivity contribution in [2.45, 2.75) is 31.2 Å². The summed E-state index contributed by atoms with van der Waals surface area (Å²) >= 11 is 5.86. The summed E-state index contributed by atoms with van der Waals surface area (Å²) < 4.78 is 27.3. The summed E-state index contributed by atoms with van der Waals surface area (Å²) in [6, 6.07) is 1.09. The maximum Gasteiger partial charge on any atom is 0.308 e. The largest absolute Gasteiger partial charge is 0.345 e. The lowest BCUT2D eigenvalue weighted by Gasteiger charge is -2.27. The van der Waals surface area contributed by atoms with Crippen molar-refractivity contribution < 1.29 is 18.5 Å². The molecule has 0 atom stereocenters. The highest BCUT2D eigenvalue weighted by atomic mass is 35.5. The summed E-state index contributed by atoms with van der Waals surface area (Å²) in [6.07, 6.45) is 3.03. The highest BCUT2D eigenvalue weighted by molar-refractivity contribution is 6.19. The Hall–Kier alpha value is -1.76. The minimum Gasteiger partial charge on any atom is -0.345 e. The Morgan fingerprint density at radius 3 is 2.52 bits per heavy atom. The molecular weight excluding hydrogens is 306 g/mol. The molecule has 0 aliphatic heterocycles. The maximum atomic E-state index is 14.0. The van der Waals surface area contributed by atoms with Crippen molar-refractivity contribution in [2.24, 2.45) is 0 Å². The number of nitro benzene ring substituents is 1. The molecule has 0 unspecified atom stereocenters. The molecule has 0 heterocycles. The van der Waals surface area contributed by atoms with Gasteiger partial charge in [0, 0.05) is 5.88 Å². The first-order chi connectivity index (χ1) is 9.88. The number of carbonyl (C=O) groups excluding carboxylic acids is 1. The zero-order valence-corrected chi connectivity index (χ0v) is 11.8. The van der Waals surface area contributed by atoms with Crippen LogP contribution < -0.4 is 5.32 Å². The number of amides is 1. The van der Waals surface area contributed by atoms with E-state index in [4.69, 9.17) is 11.6 Å². The second-order valence-corrected chi connectivity index (χ2v) is 5.39. The third-order valence-corrected chi connectivity index (χ3v) is 4.17. The number of hydrogen-bond donors (Lipinski definition) is 1. The first-order valence-corrected chi connectivity index (χ1v) is 6.94. The van der Waals surface area contributed by atoms with Crippen molar-refractivity contribution in [3.63, 3.8) is 0 Å². The van der Waals surface area contributed by atoms with Gasteiger partial charge >= 0.3 is 5.69 Å². The molecule has 0 radical (unpaired) electrons. The van der Waals surface area contributed by atoms with Gasteiger partial charge in [0.05, 0.1) is 22.1 Å². The molecule has 1 aromatic carbocycles. The minimum atomic E-state index is -1.35. The van der Waals surface area contributed by atoms with Crippen LogP contribution in [0.1, 0.15) is 36.0 Å². The Balaban J connectivity index is 2.33. The molecule has 21 heavy (non-hydrogen) atoms. The lowest BCUT2D eigenvalue weighted by molar-refractivity contribution is -0.387. The van der Waals surface area contributed by atoms with Crippen LogP contribution in [0.25, 0.3) is 0 Å². The molecular formula is C13H13ClF2N2O3. The van der Waals surface area contributed by atoms with Gasteiger partial charge in [-0.2, -0.15) is 4.39 Å². The third kappa shape index (κ3) is 3.12. The van der Waals surface area contributed by atoms with E-state index in [0.29, 0.717) is 25.0 Å². The molecule has 1 aliphatic carbocycles. The average molecular weight is 319 g/mol. The molecule has 0 aromatic heterocycles. The lowest BCUT2D eigenvalue weighted by atomic mass is 9.99. The third-order valence-electron chi connectivity index (χ3n) is 3.65. The monoisotopic (exact) mass is 318 g/mol. The van der Waals surface area contributed by atoms with Gasteiger partial charge in [-0.1, -0.05) is 12.8 Å². The second kappa shape index (κ2) is 5.93. The summed E-state index contributed by atoms with van der Waals surface area (Å²) in [5.74, 6) is -3.13. The van der Waals surface area contributed by atoms with E-state index in [1.54, 1.807) is 0 Å². The standard InChI is InChI=1S/C13H13ClF2N2O3/c14-7-13(3-1-2-4-13)17-12(19)9-5-8(15)6-10(11(9)16)18(20)21/h5-6H,1-4,7H2,(H,17,19). The summed E-state index contributed by atoms with van der Waals surface area (Å²) in [6.45, 7) is 0. The minimum absolute atomic E-state index is 0.151. The van der Waals surface area contributed by atoms with Gasteiger partial charge in [0.2, 0.25) is 5.82 Å². The van der Waals surface area contributed by atoms with Gasteiger partial charge in [-0.05, 0) is 18.9 Å². The van der Waals surface area contributed by atoms with Crippen LogP contribution in [0.15, 0.2) is 12.1 Å². The number of nitro groups is 1. The van der Waals surface area contributed by atoms with Crippen LogP contribution in [-0.4, -0.2) is 22.2 Å². The van der Waals surface area contributed by atoms with Crippen LogP contribution in [0.3, 0.4) is 0 Å². The zero-order chi connectivity index (χ0) is 15.6. The Bertz CT molecular complexity index is 589. The predicted molar refractivity (Wildman–Crippen MR) is 72.4 cm³/mol. The number of nitrogens with zero attached hydrogens (tertiary/aromatic N) is 1.